The highest BCUT2D eigenvalue weighted by Gasteiger charge is 2.41. The van der Waals surface area contributed by atoms with Gasteiger partial charge in [0.25, 0.3) is 0 Å². The van der Waals surface area contributed by atoms with Gasteiger partial charge in [0.2, 0.25) is 6.29 Å². The number of carbonyl (C=O) groups excluding carboxylic acids is 2. The smallest absolute Gasteiger partial charge is 0.312 e. The van der Waals surface area contributed by atoms with Crippen molar-refractivity contribution in [3.8, 4) is 0 Å². The Labute approximate surface area is 156 Å². The fourth-order valence-corrected chi connectivity index (χ4v) is 3.94. The molecule has 6 unspecified atom stereocenters. The molecule has 0 bridgehead atoms. The lowest BCUT2D eigenvalue weighted by molar-refractivity contribution is -0.196. The summed E-state index contributed by atoms with van der Waals surface area (Å²) in [5, 5.41) is 28.2. The van der Waals surface area contributed by atoms with Gasteiger partial charge in [0.15, 0.2) is 0 Å². The van der Waals surface area contributed by atoms with E-state index in [0.29, 0.717) is 19.3 Å². The summed E-state index contributed by atoms with van der Waals surface area (Å²) < 4.78 is 10.2. The third kappa shape index (κ3) is 5.41. The number of esters is 2. The second kappa shape index (κ2) is 9.16. The van der Waals surface area contributed by atoms with E-state index < -0.39 is 59.9 Å². The molecular weight excluding hydrogens is 360 g/mol. The number of carboxylic acid groups (broad SMARTS) is 2. The van der Waals surface area contributed by atoms with Gasteiger partial charge >= 0.3 is 23.9 Å². The van der Waals surface area contributed by atoms with Gasteiger partial charge in [-0.2, -0.15) is 0 Å². The normalized spacial score (nSPS) is 32.1. The van der Waals surface area contributed by atoms with Crippen LogP contribution in [0.2, 0.25) is 0 Å². The molecule has 2 rings (SSSR count). The maximum atomic E-state index is 12.3. The van der Waals surface area contributed by atoms with E-state index in [2.05, 4.69) is 0 Å². The Morgan fingerprint density at radius 1 is 0.778 bits per heavy atom. The molecule has 152 valence electrons. The lowest BCUT2D eigenvalue weighted by Gasteiger charge is -2.31. The van der Waals surface area contributed by atoms with E-state index in [-0.39, 0.29) is 12.8 Å². The summed E-state index contributed by atoms with van der Waals surface area (Å²) in [6.07, 6.45) is 0.612. The van der Waals surface area contributed by atoms with Gasteiger partial charge in [-0.25, -0.2) is 0 Å². The summed E-state index contributed by atoms with van der Waals surface area (Å²) in [4.78, 5) is 47.2. The molecule has 9 nitrogen and oxygen atoms in total. The first kappa shape index (κ1) is 21.1. The Kier molecular flexibility index (Phi) is 7.18. The van der Waals surface area contributed by atoms with Crippen LogP contribution < -0.4 is 0 Å². The van der Waals surface area contributed by atoms with Gasteiger partial charge in [-0.1, -0.05) is 12.8 Å². The predicted octanol–water partition coefficient (Wildman–Crippen LogP) is 1.17. The number of carboxylic acids is 2. The number of aliphatic hydroxyl groups is 1. The highest BCUT2D eigenvalue weighted by atomic mass is 16.7. The number of rotatable bonds is 6. The van der Waals surface area contributed by atoms with Crippen LogP contribution in [0.25, 0.3) is 0 Å². The standard InChI is InChI=1S/C18H26O9/c1-9(26-17(24)13-5-3-2-4-11(13)15(20)21)27-18(25)14-8-10(19)6-7-12(14)16(22)23/h9-14,19H,2-8H2,1H3,(H,20,21)(H,22,23). The lowest BCUT2D eigenvalue weighted by atomic mass is 9.78. The molecule has 2 aliphatic carbocycles. The fraction of sp³-hybridized carbons (Fsp3) is 0.778. The number of hydrogen-bond donors (Lipinski definition) is 3. The van der Waals surface area contributed by atoms with Gasteiger partial charge in [0.05, 0.1) is 29.8 Å². The van der Waals surface area contributed by atoms with E-state index in [9.17, 15) is 34.5 Å². The van der Waals surface area contributed by atoms with Crippen molar-refractivity contribution in [1.29, 1.82) is 0 Å². The van der Waals surface area contributed by atoms with E-state index in [0.717, 1.165) is 12.8 Å². The first-order chi connectivity index (χ1) is 12.7. The predicted molar refractivity (Wildman–Crippen MR) is 89.2 cm³/mol. The van der Waals surface area contributed by atoms with Gasteiger partial charge < -0.3 is 24.8 Å². The Bertz CT molecular complexity index is 587. The molecule has 0 saturated heterocycles. The van der Waals surface area contributed by atoms with Gasteiger partial charge in [0.1, 0.15) is 0 Å². The molecule has 6 atom stereocenters. The topological polar surface area (TPSA) is 147 Å². The molecule has 0 aromatic carbocycles. The van der Waals surface area contributed by atoms with Crippen molar-refractivity contribution >= 4 is 23.9 Å². The first-order valence-corrected chi connectivity index (χ1v) is 9.25. The van der Waals surface area contributed by atoms with Crippen LogP contribution in [0.5, 0.6) is 0 Å². The van der Waals surface area contributed by atoms with Crippen molar-refractivity contribution in [3.63, 3.8) is 0 Å². The largest absolute Gasteiger partial charge is 0.481 e. The molecule has 9 heteroatoms. The summed E-state index contributed by atoms with van der Waals surface area (Å²) in [6.45, 7) is 1.32. The minimum Gasteiger partial charge on any atom is -0.481 e. The number of aliphatic hydroxyl groups excluding tert-OH is 1. The molecule has 0 aliphatic heterocycles. The number of carbonyl (C=O) groups is 4. The van der Waals surface area contributed by atoms with Crippen molar-refractivity contribution in [2.45, 2.75) is 64.3 Å². The highest BCUT2D eigenvalue weighted by Crippen LogP contribution is 2.33. The van der Waals surface area contributed by atoms with Crippen LogP contribution in [0.3, 0.4) is 0 Å². The van der Waals surface area contributed by atoms with Crippen LogP contribution in [0, 0.1) is 23.7 Å². The Morgan fingerprint density at radius 2 is 1.26 bits per heavy atom. The summed E-state index contributed by atoms with van der Waals surface area (Å²) in [5.41, 5.74) is 0. The van der Waals surface area contributed by atoms with Gasteiger partial charge in [-0.15, -0.1) is 0 Å². The van der Waals surface area contributed by atoms with Crippen molar-refractivity contribution < 1.29 is 44.0 Å². The van der Waals surface area contributed by atoms with Crippen LogP contribution in [-0.4, -0.2) is 51.6 Å². The summed E-state index contributed by atoms with van der Waals surface area (Å²) >= 11 is 0. The minimum atomic E-state index is -1.27. The van der Waals surface area contributed by atoms with Gasteiger partial charge in [0, 0.05) is 6.92 Å². The molecule has 27 heavy (non-hydrogen) atoms. The average Bonchev–Trinajstić information content (AvgIpc) is 2.61. The molecule has 0 amide bonds. The second-order valence-corrected chi connectivity index (χ2v) is 7.30. The van der Waals surface area contributed by atoms with Gasteiger partial charge in [-0.3, -0.25) is 19.2 Å². The van der Waals surface area contributed by atoms with Crippen LogP contribution >= 0.6 is 0 Å². The number of aliphatic carboxylic acids is 2. The van der Waals surface area contributed by atoms with Crippen molar-refractivity contribution in [2.24, 2.45) is 23.7 Å². The maximum absolute atomic E-state index is 12.3. The van der Waals surface area contributed by atoms with Crippen LogP contribution in [0.15, 0.2) is 0 Å². The lowest BCUT2D eigenvalue weighted by Crippen LogP contribution is -2.40. The van der Waals surface area contributed by atoms with E-state index >= 15 is 0 Å². The Hall–Kier alpha value is -2.16. The molecule has 2 saturated carbocycles. The van der Waals surface area contributed by atoms with Crippen LogP contribution in [0.1, 0.15) is 51.9 Å². The molecule has 0 heterocycles. The zero-order valence-electron chi connectivity index (χ0n) is 15.2. The first-order valence-electron chi connectivity index (χ1n) is 9.25. The monoisotopic (exact) mass is 386 g/mol. The van der Waals surface area contributed by atoms with Crippen LogP contribution in [-0.2, 0) is 28.7 Å². The molecule has 0 aromatic heterocycles. The number of ether oxygens (including phenoxy) is 2. The minimum absolute atomic E-state index is 0.0276. The molecule has 3 N–H and O–H groups in total. The SMILES string of the molecule is CC(OC(=O)C1CCCCC1C(=O)O)OC(=O)C1CC(O)CCC1C(=O)O. The highest BCUT2D eigenvalue weighted by molar-refractivity contribution is 5.82. The maximum Gasteiger partial charge on any atom is 0.312 e. The molecular formula is C18H26O9. The van der Waals surface area contributed by atoms with Crippen molar-refractivity contribution in [2.75, 3.05) is 0 Å². The Morgan fingerprint density at radius 3 is 1.81 bits per heavy atom. The summed E-state index contributed by atoms with van der Waals surface area (Å²) in [7, 11) is 0. The third-order valence-corrected chi connectivity index (χ3v) is 5.39. The third-order valence-electron chi connectivity index (χ3n) is 5.39. The van der Waals surface area contributed by atoms with E-state index in [1.165, 1.54) is 6.92 Å². The molecule has 2 aliphatic rings. The quantitative estimate of drug-likeness (QED) is 0.452. The van der Waals surface area contributed by atoms with E-state index in [1.807, 2.05) is 0 Å². The average molecular weight is 386 g/mol. The summed E-state index contributed by atoms with van der Waals surface area (Å²) in [6, 6.07) is 0. The Balaban J connectivity index is 1.94. The van der Waals surface area contributed by atoms with E-state index in [1.54, 1.807) is 0 Å². The van der Waals surface area contributed by atoms with Crippen LogP contribution in [0.4, 0.5) is 0 Å². The van der Waals surface area contributed by atoms with Crippen molar-refractivity contribution in [3.05, 3.63) is 0 Å². The van der Waals surface area contributed by atoms with E-state index in [4.69, 9.17) is 9.47 Å². The molecule has 0 radical (unpaired) electrons. The van der Waals surface area contributed by atoms with Crippen molar-refractivity contribution in [1.82, 2.24) is 0 Å². The molecule has 2 fully saturated rings. The number of hydrogen-bond acceptors (Lipinski definition) is 7. The summed E-state index contributed by atoms with van der Waals surface area (Å²) in [5.74, 6) is -7.37. The molecule has 0 spiro atoms. The zero-order valence-corrected chi connectivity index (χ0v) is 15.2. The fourth-order valence-electron chi connectivity index (χ4n) is 3.94. The zero-order chi connectivity index (χ0) is 20.1. The second-order valence-electron chi connectivity index (χ2n) is 7.30. The molecule has 0 aromatic rings. The van der Waals surface area contributed by atoms with Gasteiger partial charge in [-0.05, 0) is 32.1 Å².